The molecule has 2 aliphatic rings. The molecule has 0 aromatic heterocycles. The maximum absolute atomic E-state index is 12.5. The van der Waals surface area contributed by atoms with Gasteiger partial charge in [-0.2, -0.15) is 0 Å². The van der Waals surface area contributed by atoms with Crippen molar-refractivity contribution in [1.82, 2.24) is 15.5 Å². The first kappa shape index (κ1) is 14.5. The first-order valence-electron chi connectivity index (χ1n) is 7.56. The van der Waals surface area contributed by atoms with Crippen LogP contribution in [0.25, 0.3) is 0 Å². The number of carbonyl (C=O) groups excluding carboxylic acids is 1. The lowest BCUT2D eigenvalue weighted by Gasteiger charge is -2.46. The summed E-state index contributed by atoms with van der Waals surface area (Å²) in [5.74, 6) is 0.0660. The largest absolute Gasteiger partial charge is 0.378 e. The second-order valence-corrected chi connectivity index (χ2v) is 6.09. The summed E-state index contributed by atoms with van der Waals surface area (Å²) in [5, 5.41) is 6.42. The number of nitrogens with zero attached hydrogens (tertiary/aromatic N) is 1. The molecule has 2 fully saturated rings. The van der Waals surface area contributed by atoms with Gasteiger partial charge in [0.25, 0.3) is 0 Å². The Kier molecular flexibility index (Phi) is 4.24. The zero-order chi connectivity index (χ0) is 14.7. The van der Waals surface area contributed by atoms with Crippen LogP contribution in [0.5, 0.6) is 0 Å². The Morgan fingerprint density at radius 3 is 2.86 bits per heavy atom. The molecule has 5 heteroatoms. The summed E-state index contributed by atoms with van der Waals surface area (Å²) in [6.07, 6.45) is 0. The fourth-order valence-electron chi connectivity index (χ4n) is 2.89. The van der Waals surface area contributed by atoms with E-state index in [4.69, 9.17) is 4.74 Å². The second-order valence-electron chi connectivity index (χ2n) is 6.09. The first-order chi connectivity index (χ1) is 10.2. The van der Waals surface area contributed by atoms with E-state index in [1.54, 1.807) is 0 Å². The van der Waals surface area contributed by atoms with Gasteiger partial charge in [-0.1, -0.05) is 30.3 Å². The summed E-state index contributed by atoms with van der Waals surface area (Å²) >= 11 is 0. The van der Waals surface area contributed by atoms with E-state index in [2.05, 4.69) is 15.5 Å². The van der Waals surface area contributed by atoms with Crippen molar-refractivity contribution < 1.29 is 9.53 Å². The van der Waals surface area contributed by atoms with Crippen molar-refractivity contribution in [3.8, 4) is 0 Å². The number of amides is 1. The molecule has 1 aromatic rings. The highest BCUT2D eigenvalue weighted by Gasteiger charge is 2.40. The predicted molar refractivity (Wildman–Crippen MR) is 80.9 cm³/mol. The molecule has 2 aliphatic heterocycles. The van der Waals surface area contributed by atoms with Gasteiger partial charge < -0.3 is 15.4 Å². The lowest BCUT2D eigenvalue weighted by molar-refractivity contribution is -0.132. The molecule has 0 bridgehead atoms. The summed E-state index contributed by atoms with van der Waals surface area (Å²) < 4.78 is 5.26. The lowest BCUT2D eigenvalue weighted by atomic mass is 9.96. The number of piperazine rings is 1. The van der Waals surface area contributed by atoms with Crippen molar-refractivity contribution in [1.29, 1.82) is 0 Å². The van der Waals surface area contributed by atoms with Crippen LogP contribution >= 0.6 is 0 Å². The van der Waals surface area contributed by atoms with Crippen molar-refractivity contribution >= 4 is 5.91 Å². The third-order valence-corrected chi connectivity index (χ3v) is 4.37. The minimum atomic E-state index is -0.525. The minimum Gasteiger partial charge on any atom is -0.378 e. The van der Waals surface area contributed by atoms with Crippen LogP contribution in [0.2, 0.25) is 0 Å². The molecule has 1 atom stereocenters. The summed E-state index contributed by atoms with van der Waals surface area (Å²) in [6, 6.07) is 10.5. The average molecular weight is 289 g/mol. The van der Waals surface area contributed by atoms with Crippen LogP contribution in [0.4, 0.5) is 0 Å². The van der Waals surface area contributed by atoms with Crippen molar-refractivity contribution in [2.24, 2.45) is 0 Å². The molecule has 1 aromatic carbocycles. The summed E-state index contributed by atoms with van der Waals surface area (Å²) in [7, 11) is 0. The van der Waals surface area contributed by atoms with Crippen LogP contribution in [-0.4, -0.2) is 55.2 Å². The monoisotopic (exact) mass is 289 g/mol. The molecule has 114 valence electrons. The molecule has 3 rings (SSSR count). The van der Waals surface area contributed by atoms with Crippen LogP contribution in [0.15, 0.2) is 30.3 Å². The highest BCUT2D eigenvalue weighted by atomic mass is 16.5. The maximum atomic E-state index is 12.5. The van der Waals surface area contributed by atoms with Crippen molar-refractivity contribution in [3.63, 3.8) is 0 Å². The second kappa shape index (κ2) is 6.13. The summed E-state index contributed by atoms with van der Waals surface area (Å²) in [4.78, 5) is 14.9. The molecule has 1 amide bonds. The Hall–Kier alpha value is -1.43. The topological polar surface area (TPSA) is 53.6 Å². The van der Waals surface area contributed by atoms with Gasteiger partial charge in [0.15, 0.2) is 0 Å². The molecule has 0 saturated carbocycles. The Morgan fingerprint density at radius 2 is 2.19 bits per heavy atom. The van der Waals surface area contributed by atoms with Crippen LogP contribution in [0, 0.1) is 0 Å². The van der Waals surface area contributed by atoms with E-state index in [0.29, 0.717) is 12.6 Å². The van der Waals surface area contributed by atoms with Crippen molar-refractivity contribution in [2.75, 3.05) is 32.8 Å². The molecule has 0 aliphatic carbocycles. The molecule has 2 saturated heterocycles. The van der Waals surface area contributed by atoms with Gasteiger partial charge in [-0.05, 0) is 12.5 Å². The lowest BCUT2D eigenvalue weighted by Crippen LogP contribution is -2.68. The van der Waals surface area contributed by atoms with Crippen molar-refractivity contribution in [3.05, 3.63) is 35.9 Å². The normalized spacial score (nSPS) is 27.1. The molecule has 5 nitrogen and oxygen atoms in total. The van der Waals surface area contributed by atoms with E-state index < -0.39 is 5.54 Å². The van der Waals surface area contributed by atoms with Crippen LogP contribution in [-0.2, 0) is 16.1 Å². The van der Waals surface area contributed by atoms with Gasteiger partial charge in [0.05, 0.1) is 19.3 Å². The Morgan fingerprint density at radius 1 is 1.43 bits per heavy atom. The van der Waals surface area contributed by atoms with E-state index in [0.717, 1.165) is 38.4 Å². The van der Waals surface area contributed by atoms with Gasteiger partial charge in [0.2, 0.25) is 5.91 Å². The number of benzene rings is 1. The van der Waals surface area contributed by atoms with Gasteiger partial charge in [0, 0.05) is 26.2 Å². The van der Waals surface area contributed by atoms with Crippen LogP contribution < -0.4 is 10.6 Å². The van der Waals surface area contributed by atoms with E-state index in [1.807, 2.05) is 37.3 Å². The minimum absolute atomic E-state index is 0.0660. The molecule has 2 N–H and O–H groups in total. The average Bonchev–Trinajstić information content (AvgIpc) is 2.44. The van der Waals surface area contributed by atoms with Crippen molar-refractivity contribution in [2.45, 2.75) is 25.0 Å². The third-order valence-electron chi connectivity index (χ3n) is 4.37. The van der Waals surface area contributed by atoms with Gasteiger partial charge in [-0.25, -0.2) is 0 Å². The SMILES string of the molecule is C[C@@]1(C(=O)NCc2ccccc2)CN(C2COC2)CCN1. The standard InChI is InChI=1S/C16H23N3O2/c1-16(12-19(8-7-18-16)14-10-21-11-14)15(20)17-9-13-5-3-2-4-6-13/h2-6,14,18H,7-12H2,1H3,(H,17,20)/t16-/m0/s1. The quantitative estimate of drug-likeness (QED) is 0.841. The predicted octanol–water partition coefficient (Wildman–Crippen LogP) is 0.366. The number of carbonyl (C=O) groups is 1. The summed E-state index contributed by atoms with van der Waals surface area (Å²) in [5.41, 5.74) is 0.595. The highest BCUT2D eigenvalue weighted by molar-refractivity contribution is 5.86. The zero-order valence-corrected chi connectivity index (χ0v) is 12.5. The smallest absolute Gasteiger partial charge is 0.241 e. The Bertz CT molecular complexity index is 490. The number of rotatable bonds is 4. The number of hydrogen-bond donors (Lipinski definition) is 2. The highest BCUT2D eigenvalue weighted by Crippen LogP contribution is 2.18. The van der Waals surface area contributed by atoms with E-state index >= 15 is 0 Å². The van der Waals surface area contributed by atoms with Gasteiger partial charge in [0.1, 0.15) is 5.54 Å². The fraction of sp³-hybridized carbons (Fsp3) is 0.562. The number of ether oxygens (including phenoxy) is 1. The van der Waals surface area contributed by atoms with E-state index in [1.165, 1.54) is 0 Å². The Labute approximate surface area is 125 Å². The number of hydrogen-bond acceptors (Lipinski definition) is 4. The van der Waals surface area contributed by atoms with Gasteiger partial charge in [-0.15, -0.1) is 0 Å². The molecule has 0 spiro atoms. The molecule has 0 radical (unpaired) electrons. The molecule has 0 unspecified atom stereocenters. The van der Waals surface area contributed by atoms with E-state index in [9.17, 15) is 4.79 Å². The fourth-order valence-corrected chi connectivity index (χ4v) is 2.89. The Balaban J connectivity index is 1.57. The van der Waals surface area contributed by atoms with Crippen LogP contribution in [0.1, 0.15) is 12.5 Å². The van der Waals surface area contributed by atoms with Gasteiger partial charge >= 0.3 is 0 Å². The molecular weight excluding hydrogens is 266 g/mol. The summed E-state index contributed by atoms with van der Waals surface area (Å²) in [6.45, 7) is 6.70. The molecule has 21 heavy (non-hydrogen) atoms. The molecular formula is C16H23N3O2. The zero-order valence-electron chi connectivity index (χ0n) is 12.5. The van der Waals surface area contributed by atoms with Crippen LogP contribution in [0.3, 0.4) is 0 Å². The first-order valence-corrected chi connectivity index (χ1v) is 7.56. The van der Waals surface area contributed by atoms with E-state index in [-0.39, 0.29) is 5.91 Å². The van der Waals surface area contributed by atoms with Gasteiger partial charge in [-0.3, -0.25) is 9.69 Å². The maximum Gasteiger partial charge on any atom is 0.241 e. The molecule has 2 heterocycles. The third kappa shape index (κ3) is 3.26. The number of nitrogens with one attached hydrogen (secondary N) is 2.